The van der Waals surface area contributed by atoms with E-state index >= 15 is 0 Å². The minimum absolute atomic E-state index is 0.0869. The van der Waals surface area contributed by atoms with E-state index < -0.39 is 47.4 Å². The number of rotatable bonds is 5. The molecule has 0 bridgehead atoms. The molecule has 0 saturated heterocycles. The first-order valence-electron chi connectivity index (χ1n) is 9.97. The van der Waals surface area contributed by atoms with E-state index in [0.717, 1.165) is 37.8 Å². The molecule has 10 heteroatoms. The van der Waals surface area contributed by atoms with Gasteiger partial charge in [-0.15, -0.1) is 0 Å². The van der Waals surface area contributed by atoms with Crippen LogP contribution in [-0.4, -0.2) is 36.1 Å². The molecule has 1 aromatic rings. The van der Waals surface area contributed by atoms with Crippen LogP contribution < -0.4 is 16.0 Å². The second-order valence-corrected chi connectivity index (χ2v) is 8.26. The molecule has 1 aliphatic carbocycles. The highest BCUT2D eigenvalue weighted by atomic mass is 19.4. The molecule has 0 aromatic heterocycles. The van der Waals surface area contributed by atoms with Gasteiger partial charge < -0.3 is 15.4 Å². The van der Waals surface area contributed by atoms with Gasteiger partial charge in [0.2, 0.25) is 5.91 Å². The number of benzene rings is 1. The summed E-state index contributed by atoms with van der Waals surface area (Å²) in [6.07, 6.45) is 0.112. The van der Waals surface area contributed by atoms with Crippen LogP contribution >= 0.6 is 0 Å². The second kappa shape index (κ2) is 10.0. The van der Waals surface area contributed by atoms with Gasteiger partial charge in [0.1, 0.15) is 5.60 Å². The predicted octanol–water partition coefficient (Wildman–Crippen LogP) is 4.05. The molecule has 3 amide bonds. The van der Waals surface area contributed by atoms with Crippen LogP contribution in [0.5, 0.6) is 0 Å². The maximum Gasteiger partial charge on any atom is 0.416 e. The molecular formula is C21H27F3N3O4. The first-order valence-corrected chi connectivity index (χ1v) is 9.97. The Balaban J connectivity index is 2.11. The van der Waals surface area contributed by atoms with Crippen molar-refractivity contribution in [3.8, 4) is 0 Å². The Labute approximate surface area is 179 Å². The Hall–Kier alpha value is -2.78. The number of hydrogen-bond acceptors (Lipinski definition) is 4. The third-order valence-electron chi connectivity index (χ3n) is 4.40. The highest BCUT2D eigenvalue weighted by Crippen LogP contribution is 2.32. The normalized spacial score (nSPS) is 15.2. The van der Waals surface area contributed by atoms with Crippen molar-refractivity contribution >= 4 is 23.6 Å². The summed E-state index contributed by atoms with van der Waals surface area (Å²) in [7, 11) is 0. The van der Waals surface area contributed by atoms with Crippen molar-refractivity contribution in [3.05, 3.63) is 35.7 Å². The van der Waals surface area contributed by atoms with Gasteiger partial charge in [0.05, 0.1) is 23.4 Å². The molecule has 3 N–H and O–H groups in total. The van der Waals surface area contributed by atoms with Crippen molar-refractivity contribution in [2.75, 3.05) is 11.9 Å². The Bertz CT molecular complexity index is 813. The molecule has 1 aliphatic rings. The first kappa shape index (κ1) is 24.5. The fourth-order valence-electron chi connectivity index (χ4n) is 3.02. The van der Waals surface area contributed by atoms with E-state index in [1.54, 1.807) is 20.8 Å². The largest absolute Gasteiger partial charge is 0.444 e. The van der Waals surface area contributed by atoms with Crippen molar-refractivity contribution < 1.29 is 32.3 Å². The smallest absolute Gasteiger partial charge is 0.416 e. The monoisotopic (exact) mass is 442 g/mol. The van der Waals surface area contributed by atoms with Crippen molar-refractivity contribution in [1.82, 2.24) is 10.6 Å². The lowest BCUT2D eigenvalue weighted by Crippen LogP contribution is -2.43. The number of hydrogen-bond donors (Lipinski definition) is 3. The van der Waals surface area contributed by atoms with E-state index in [-0.39, 0.29) is 11.7 Å². The van der Waals surface area contributed by atoms with E-state index in [0.29, 0.717) is 6.07 Å². The fourth-order valence-corrected chi connectivity index (χ4v) is 3.02. The summed E-state index contributed by atoms with van der Waals surface area (Å²) in [6, 6.07) is 2.25. The predicted molar refractivity (Wildman–Crippen MR) is 108 cm³/mol. The number of anilines is 1. The maximum absolute atomic E-state index is 13.1. The van der Waals surface area contributed by atoms with Crippen LogP contribution in [0.1, 0.15) is 62.4 Å². The highest BCUT2D eigenvalue weighted by Gasteiger charge is 2.32. The van der Waals surface area contributed by atoms with Gasteiger partial charge in [0, 0.05) is 6.04 Å². The van der Waals surface area contributed by atoms with Crippen LogP contribution in [0.4, 0.5) is 23.7 Å². The van der Waals surface area contributed by atoms with Crippen LogP contribution in [-0.2, 0) is 15.7 Å². The maximum atomic E-state index is 13.1. The zero-order valence-electron chi connectivity index (χ0n) is 17.7. The third kappa shape index (κ3) is 8.10. The van der Waals surface area contributed by atoms with E-state index in [1.807, 2.05) is 6.42 Å². The summed E-state index contributed by atoms with van der Waals surface area (Å²) < 4.78 is 44.4. The Kier molecular flexibility index (Phi) is 7.91. The Morgan fingerprint density at radius 1 is 1.13 bits per heavy atom. The Morgan fingerprint density at radius 2 is 1.84 bits per heavy atom. The fraction of sp³-hybridized carbons (Fsp3) is 0.524. The molecule has 7 nitrogen and oxygen atoms in total. The molecule has 0 heterocycles. The van der Waals surface area contributed by atoms with Crippen LogP contribution in [0.25, 0.3) is 0 Å². The van der Waals surface area contributed by atoms with Gasteiger partial charge in [-0.3, -0.25) is 14.9 Å². The summed E-state index contributed by atoms with van der Waals surface area (Å²) in [5, 5.41) is 7.34. The summed E-state index contributed by atoms with van der Waals surface area (Å²) in [5.41, 5.74) is -2.50. The van der Waals surface area contributed by atoms with Gasteiger partial charge >= 0.3 is 12.3 Å². The number of halogens is 3. The number of alkyl halides is 3. The molecule has 0 aliphatic heterocycles. The van der Waals surface area contributed by atoms with Crippen LogP contribution in [0.15, 0.2) is 18.2 Å². The molecule has 1 saturated carbocycles. The SMILES string of the molecule is CC(C)(C)OC(=O)Nc1ccc(C(F)(F)F)cc1C(=O)NCC(=O)NC1[CH]CCCC1. The zero-order valence-corrected chi connectivity index (χ0v) is 17.7. The minimum Gasteiger partial charge on any atom is -0.444 e. The molecule has 1 radical (unpaired) electrons. The number of nitrogens with one attached hydrogen (secondary N) is 3. The number of amides is 3. The average molecular weight is 442 g/mol. The van der Waals surface area contributed by atoms with Gasteiger partial charge in [-0.25, -0.2) is 4.79 Å². The van der Waals surface area contributed by atoms with Crippen molar-refractivity contribution in [1.29, 1.82) is 0 Å². The molecule has 1 unspecified atom stereocenters. The molecule has 31 heavy (non-hydrogen) atoms. The van der Waals surface area contributed by atoms with Gasteiger partial charge in [0.15, 0.2) is 0 Å². The molecule has 1 fully saturated rings. The average Bonchev–Trinajstić information content (AvgIpc) is 2.64. The summed E-state index contributed by atoms with van der Waals surface area (Å²) >= 11 is 0. The molecule has 0 spiro atoms. The third-order valence-corrected chi connectivity index (χ3v) is 4.40. The zero-order chi connectivity index (χ0) is 23.2. The van der Waals surface area contributed by atoms with Crippen LogP contribution in [0.2, 0.25) is 0 Å². The Morgan fingerprint density at radius 3 is 2.42 bits per heavy atom. The van der Waals surface area contributed by atoms with Crippen LogP contribution in [0.3, 0.4) is 0 Å². The highest BCUT2D eigenvalue weighted by molar-refractivity contribution is 6.04. The lowest BCUT2D eigenvalue weighted by molar-refractivity contribution is -0.137. The van der Waals surface area contributed by atoms with E-state index in [4.69, 9.17) is 4.74 Å². The van der Waals surface area contributed by atoms with Gasteiger partial charge in [-0.05, 0) is 58.2 Å². The number of carbonyl (C=O) groups is 3. The van der Waals surface area contributed by atoms with Crippen molar-refractivity contribution in [2.24, 2.45) is 0 Å². The van der Waals surface area contributed by atoms with Gasteiger partial charge in [-0.1, -0.05) is 12.8 Å². The minimum atomic E-state index is -4.69. The molecule has 1 aromatic carbocycles. The van der Waals surface area contributed by atoms with Crippen molar-refractivity contribution in [2.45, 2.75) is 64.3 Å². The summed E-state index contributed by atoms with van der Waals surface area (Å²) in [5.74, 6) is -1.38. The lowest BCUT2D eigenvalue weighted by Gasteiger charge is -2.22. The first-order chi connectivity index (χ1) is 14.3. The van der Waals surface area contributed by atoms with E-state index in [9.17, 15) is 27.6 Å². The molecule has 171 valence electrons. The van der Waals surface area contributed by atoms with E-state index in [1.165, 1.54) is 0 Å². The standard InChI is InChI=1S/C21H27F3N3O4/c1-20(2,3)31-19(30)27-16-10-9-13(21(22,23)24)11-15(16)18(29)25-12-17(28)26-14-7-5-4-6-8-14/h7,9-11,14H,4-6,8,12H2,1-3H3,(H,25,29)(H,26,28)(H,27,30). The van der Waals surface area contributed by atoms with Crippen LogP contribution in [0, 0.1) is 6.42 Å². The summed E-state index contributed by atoms with van der Waals surface area (Å²) in [4.78, 5) is 36.6. The molecule has 2 rings (SSSR count). The number of carbonyl (C=O) groups excluding carboxylic acids is 3. The number of ether oxygens (including phenoxy) is 1. The molecular weight excluding hydrogens is 415 g/mol. The topological polar surface area (TPSA) is 96.5 Å². The molecule has 1 atom stereocenters. The van der Waals surface area contributed by atoms with Gasteiger partial charge in [0.25, 0.3) is 5.91 Å². The second-order valence-electron chi connectivity index (χ2n) is 8.26. The van der Waals surface area contributed by atoms with Crippen molar-refractivity contribution in [3.63, 3.8) is 0 Å². The van der Waals surface area contributed by atoms with E-state index in [2.05, 4.69) is 16.0 Å². The lowest BCUT2D eigenvalue weighted by atomic mass is 9.95. The summed E-state index contributed by atoms with van der Waals surface area (Å²) in [6.45, 7) is 4.45. The van der Waals surface area contributed by atoms with Gasteiger partial charge in [-0.2, -0.15) is 13.2 Å². The quantitative estimate of drug-likeness (QED) is 0.641.